The lowest BCUT2D eigenvalue weighted by atomic mass is 10.1. The number of carbonyl (C=O) groups is 2. The van der Waals surface area contributed by atoms with Crippen molar-refractivity contribution >= 4 is 17.6 Å². The van der Waals surface area contributed by atoms with Crippen LogP contribution in [0.3, 0.4) is 0 Å². The Labute approximate surface area is 145 Å². The van der Waals surface area contributed by atoms with E-state index in [1.54, 1.807) is 12.1 Å². The summed E-state index contributed by atoms with van der Waals surface area (Å²) in [5.74, 6) is 0.325. The SMILES string of the molecule is O=C(Nc1ccc(OCc2ccccc2)nc1)N[C@H]1CCCNC1=O. The van der Waals surface area contributed by atoms with Gasteiger partial charge in [-0.25, -0.2) is 9.78 Å². The number of nitrogens with zero attached hydrogens (tertiary/aromatic N) is 1. The average molecular weight is 340 g/mol. The summed E-state index contributed by atoms with van der Waals surface area (Å²) in [5.41, 5.74) is 1.58. The minimum absolute atomic E-state index is 0.149. The van der Waals surface area contributed by atoms with Crippen molar-refractivity contribution in [2.45, 2.75) is 25.5 Å². The molecule has 1 aromatic heterocycles. The summed E-state index contributed by atoms with van der Waals surface area (Å²) in [4.78, 5) is 27.8. The zero-order chi connectivity index (χ0) is 17.5. The summed E-state index contributed by atoms with van der Waals surface area (Å²) in [6.07, 6.45) is 3.01. The van der Waals surface area contributed by atoms with Gasteiger partial charge >= 0.3 is 6.03 Å². The first-order valence-electron chi connectivity index (χ1n) is 8.19. The molecule has 7 nitrogen and oxygen atoms in total. The summed E-state index contributed by atoms with van der Waals surface area (Å²) < 4.78 is 5.60. The Morgan fingerprint density at radius 3 is 2.80 bits per heavy atom. The van der Waals surface area contributed by atoms with Gasteiger partial charge < -0.3 is 20.7 Å². The second kappa shape index (κ2) is 8.14. The van der Waals surface area contributed by atoms with Gasteiger partial charge in [-0.3, -0.25) is 4.79 Å². The molecule has 2 heterocycles. The molecule has 25 heavy (non-hydrogen) atoms. The molecule has 0 bridgehead atoms. The van der Waals surface area contributed by atoms with E-state index in [2.05, 4.69) is 20.9 Å². The Hall–Kier alpha value is -3.09. The number of nitrogens with one attached hydrogen (secondary N) is 3. The molecular formula is C18H20N4O3. The maximum atomic E-state index is 12.0. The summed E-state index contributed by atoms with van der Waals surface area (Å²) in [6, 6.07) is 12.3. The summed E-state index contributed by atoms with van der Waals surface area (Å²) in [5, 5.41) is 8.05. The average Bonchev–Trinajstić information content (AvgIpc) is 2.64. The van der Waals surface area contributed by atoms with Gasteiger partial charge in [0.1, 0.15) is 12.6 Å². The monoisotopic (exact) mass is 340 g/mol. The first-order valence-corrected chi connectivity index (χ1v) is 8.19. The van der Waals surface area contributed by atoms with Crippen LogP contribution in [0, 0.1) is 0 Å². The number of carbonyl (C=O) groups excluding carboxylic acids is 2. The van der Waals surface area contributed by atoms with Crippen LogP contribution in [-0.4, -0.2) is 29.5 Å². The summed E-state index contributed by atoms with van der Waals surface area (Å²) in [7, 11) is 0. The second-order valence-corrected chi connectivity index (χ2v) is 5.74. The van der Waals surface area contributed by atoms with Crippen molar-refractivity contribution in [3.63, 3.8) is 0 Å². The Morgan fingerprint density at radius 2 is 2.08 bits per heavy atom. The van der Waals surface area contributed by atoms with Gasteiger partial charge in [0, 0.05) is 12.6 Å². The van der Waals surface area contributed by atoms with Crippen LogP contribution in [0.15, 0.2) is 48.7 Å². The zero-order valence-electron chi connectivity index (χ0n) is 13.7. The molecule has 1 fully saturated rings. The molecule has 1 atom stereocenters. The van der Waals surface area contributed by atoms with E-state index >= 15 is 0 Å². The molecule has 7 heteroatoms. The van der Waals surface area contributed by atoms with Gasteiger partial charge in [0.15, 0.2) is 0 Å². The fraction of sp³-hybridized carbons (Fsp3) is 0.278. The van der Waals surface area contributed by atoms with Crippen LogP contribution >= 0.6 is 0 Å². The lowest BCUT2D eigenvalue weighted by molar-refractivity contribution is -0.124. The van der Waals surface area contributed by atoms with Crippen LogP contribution in [-0.2, 0) is 11.4 Å². The number of hydrogen-bond acceptors (Lipinski definition) is 4. The highest BCUT2D eigenvalue weighted by atomic mass is 16.5. The first kappa shape index (κ1) is 16.8. The standard InChI is InChI=1S/C18H20N4O3/c23-17-15(7-4-10-19-17)22-18(24)21-14-8-9-16(20-11-14)25-12-13-5-2-1-3-6-13/h1-3,5-6,8-9,11,15H,4,7,10,12H2,(H,19,23)(H2,21,22,24)/t15-/m0/s1. The number of benzene rings is 1. The van der Waals surface area contributed by atoms with E-state index < -0.39 is 12.1 Å². The predicted octanol–water partition coefficient (Wildman–Crippen LogP) is 2.06. The fourth-order valence-corrected chi connectivity index (χ4v) is 2.51. The Kier molecular flexibility index (Phi) is 5.46. The molecule has 0 saturated carbocycles. The molecule has 0 aliphatic carbocycles. The van der Waals surface area contributed by atoms with E-state index in [9.17, 15) is 9.59 Å². The lowest BCUT2D eigenvalue weighted by Gasteiger charge is -2.22. The molecule has 2 aromatic rings. The molecule has 0 unspecified atom stereocenters. The van der Waals surface area contributed by atoms with Crippen LogP contribution < -0.4 is 20.7 Å². The van der Waals surface area contributed by atoms with Gasteiger partial charge in [-0.05, 0) is 24.5 Å². The number of hydrogen-bond donors (Lipinski definition) is 3. The number of piperidine rings is 1. The van der Waals surface area contributed by atoms with Gasteiger partial charge in [0.25, 0.3) is 0 Å². The molecule has 3 rings (SSSR count). The van der Waals surface area contributed by atoms with E-state index in [1.807, 2.05) is 30.3 Å². The molecule has 1 aliphatic heterocycles. The minimum atomic E-state index is -0.491. The highest BCUT2D eigenvalue weighted by Gasteiger charge is 2.23. The second-order valence-electron chi connectivity index (χ2n) is 5.74. The molecule has 1 aromatic carbocycles. The maximum absolute atomic E-state index is 12.0. The number of pyridine rings is 1. The number of rotatable bonds is 5. The van der Waals surface area contributed by atoms with Crippen molar-refractivity contribution in [1.82, 2.24) is 15.6 Å². The summed E-state index contributed by atoms with van der Waals surface area (Å²) in [6.45, 7) is 1.09. The topological polar surface area (TPSA) is 92.3 Å². The molecule has 0 radical (unpaired) electrons. The molecule has 130 valence electrons. The normalized spacial score (nSPS) is 16.6. The third-order valence-corrected chi connectivity index (χ3v) is 3.81. The lowest BCUT2D eigenvalue weighted by Crippen LogP contribution is -2.51. The van der Waals surface area contributed by atoms with Crippen LogP contribution in [0.2, 0.25) is 0 Å². The van der Waals surface area contributed by atoms with Gasteiger partial charge in [-0.2, -0.15) is 0 Å². The third-order valence-electron chi connectivity index (χ3n) is 3.81. The molecule has 3 N–H and O–H groups in total. The van der Waals surface area contributed by atoms with Gasteiger partial charge in [0.2, 0.25) is 11.8 Å². The maximum Gasteiger partial charge on any atom is 0.319 e. The first-order chi connectivity index (χ1) is 12.2. The van der Waals surface area contributed by atoms with Crippen molar-refractivity contribution < 1.29 is 14.3 Å². The van der Waals surface area contributed by atoms with Gasteiger partial charge in [0.05, 0.1) is 11.9 Å². The van der Waals surface area contributed by atoms with Gasteiger partial charge in [-0.1, -0.05) is 30.3 Å². The fourth-order valence-electron chi connectivity index (χ4n) is 2.51. The predicted molar refractivity (Wildman–Crippen MR) is 93.2 cm³/mol. The van der Waals surface area contributed by atoms with E-state index in [1.165, 1.54) is 6.20 Å². The van der Waals surface area contributed by atoms with Crippen molar-refractivity contribution in [2.75, 3.05) is 11.9 Å². The van der Waals surface area contributed by atoms with E-state index in [4.69, 9.17) is 4.74 Å². The third kappa shape index (κ3) is 4.94. The number of urea groups is 1. The largest absolute Gasteiger partial charge is 0.473 e. The van der Waals surface area contributed by atoms with Crippen LogP contribution in [0.25, 0.3) is 0 Å². The van der Waals surface area contributed by atoms with Crippen molar-refractivity contribution in [3.05, 3.63) is 54.2 Å². The number of anilines is 1. The Balaban J connectivity index is 1.48. The number of ether oxygens (including phenoxy) is 1. The van der Waals surface area contributed by atoms with Crippen LogP contribution in [0.4, 0.5) is 10.5 Å². The van der Waals surface area contributed by atoms with Crippen molar-refractivity contribution in [1.29, 1.82) is 0 Å². The Morgan fingerprint density at radius 1 is 1.24 bits per heavy atom. The number of aromatic nitrogens is 1. The van der Waals surface area contributed by atoms with E-state index in [-0.39, 0.29) is 5.91 Å². The summed E-state index contributed by atoms with van der Waals surface area (Å²) >= 11 is 0. The highest BCUT2D eigenvalue weighted by Crippen LogP contribution is 2.13. The quantitative estimate of drug-likeness (QED) is 0.777. The van der Waals surface area contributed by atoms with Crippen molar-refractivity contribution in [2.24, 2.45) is 0 Å². The molecule has 0 spiro atoms. The van der Waals surface area contributed by atoms with Crippen LogP contribution in [0.5, 0.6) is 5.88 Å². The number of amides is 3. The molecule has 1 saturated heterocycles. The van der Waals surface area contributed by atoms with Crippen LogP contribution in [0.1, 0.15) is 18.4 Å². The van der Waals surface area contributed by atoms with E-state index in [0.717, 1.165) is 12.0 Å². The minimum Gasteiger partial charge on any atom is -0.473 e. The van der Waals surface area contributed by atoms with Gasteiger partial charge in [-0.15, -0.1) is 0 Å². The Bertz CT molecular complexity index is 719. The van der Waals surface area contributed by atoms with Crippen molar-refractivity contribution in [3.8, 4) is 5.88 Å². The molecule has 3 amide bonds. The highest BCUT2D eigenvalue weighted by molar-refractivity contribution is 5.93. The molecule has 1 aliphatic rings. The smallest absolute Gasteiger partial charge is 0.319 e. The zero-order valence-corrected chi connectivity index (χ0v) is 13.7. The van der Waals surface area contributed by atoms with E-state index in [0.29, 0.717) is 31.1 Å². The molecular weight excluding hydrogens is 320 g/mol.